The average molecular weight is 357 g/mol. The third-order valence-electron chi connectivity index (χ3n) is 2.99. The van der Waals surface area contributed by atoms with Crippen molar-refractivity contribution in [1.82, 2.24) is 0 Å². The van der Waals surface area contributed by atoms with Gasteiger partial charge < -0.3 is 15.2 Å². The summed E-state index contributed by atoms with van der Waals surface area (Å²) < 4.78 is 43.3. The van der Waals surface area contributed by atoms with Crippen LogP contribution in [0.5, 0.6) is 11.5 Å². The molecule has 0 spiro atoms. The Labute approximate surface area is 141 Å². The van der Waals surface area contributed by atoms with E-state index in [-0.39, 0.29) is 5.75 Å². The summed E-state index contributed by atoms with van der Waals surface area (Å²) in [6.45, 7) is -0.397. The quantitative estimate of drug-likeness (QED) is 0.715. The van der Waals surface area contributed by atoms with Crippen LogP contribution in [0.1, 0.15) is 5.56 Å². The number of alkyl halides is 3. The molecular formula is C16H14F3NO3S. The van der Waals surface area contributed by atoms with Gasteiger partial charge in [0.1, 0.15) is 16.7 Å². The van der Waals surface area contributed by atoms with Gasteiger partial charge in [0.05, 0.1) is 12.2 Å². The first kappa shape index (κ1) is 18.2. The number of aliphatic hydroxyl groups is 1. The summed E-state index contributed by atoms with van der Waals surface area (Å²) >= 11 is 3.90. The fraction of sp³-hybridized carbons (Fsp3) is 0.188. The maximum Gasteiger partial charge on any atom is 0.416 e. The van der Waals surface area contributed by atoms with Gasteiger partial charge >= 0.3 is 6.18 Å². The Bertz CT molecular complexity index is 704. The highest BCUT2D eigenvalue weighted by atomic mass is 32.1. The van der Waals surface area contributed by atoms with E-state index in [1.54, 1.807) is 0 Å². The Balaban J connectivity index is 2.06. The third kappa shape index (κ3) is 4.90. The second-order valence-electron chi connectivity index (χ2n) is 4.84. The molecule has 0 unspecified atom stereocenters. The molecule has 2 rings (SSSR count). The molecule has 0 aliphatic carbocycles. The standard InChI is InChI=1S/C16H14F3NO3S/c17-16(18,19)10-2-1-3-13(8-10)23-12-6-4-11(5-7-12)20-15(22)14(24)9-21/h1-8,14,21,24H,9H2,(H,20,22)/t14-/m1/s1. The van der Waals surface area contributed by atoms with Crippen molar-refractivity contribution in [2.75, 3.05) is 11.9 Å². The number of hydrogen-bond donors (Lipinski definition) is 3. The molecule has 0 fully saturated rings. The highest BCUT2D eigenvalue weighted by molar-refractivity contribution is 7.81. The summed E-state index contributed by atoms with van der Waals surface area (Å²) in [6.07, 6.45) is -4.44. The van der Waals surface area contributed by atoms with E-state index in [2.05, 4.69) is 17.9 Å². The van der Waals surface area contributed by atoms with Crippen LogP contribution in [0.15, 0.2) is 48.5 Å². The number of ether oxygens (including phenoxy) is 1. The largest absolute Gasteiger partial charge is 0.457 e. The Morgan fingerprint density at radius 2 is 1.83 bits per heavy atom. The molecule has 0 aliphatic rings. The van der Waals surface area contributed by atoms with Gasteiger partial charge in [-0.3, -0.25) is 4.79 Å². The minimum Gasteiger partial charge on any atom is -0.457 e. The Kier molecular flexibility index (Phi) is 5.74. The zero-order chi connectivity index (χ0) is 17.7. The summed E-state index contributed by atoms with van der Waals surface area (Å²) in [4.78, 5) is 11.6. The number of amides is 1. The highest BCUT2D eigenvalue weighted by Crippen LogP contribution is 2.32. The second kappa shape index (κ2) is 7.59. The number of hydrogen-bond acceptors (Lipinski definition) is 4. The maximum absolute atomic E-state index is 12.7. The van der Waals surface area contributed by atoms with Crippen molar-refractivity contribution in [1.29, 1.82) is 0 Å². The molecule has 0 heterocycles. The second-order valence-corrected chi connectivity index (χ2v) is 5.46. The van der Waals surface area contributed by atoms with Crippen LogP contribution in [0.3, 0.4) is 0 Å². The molecule has 8 heteroatoms. The number of benzene rings is 2. The van der Waals surface area contributed by atoms with E-state index in [4.69, 9.17) is 9.84 Å². The van der Waals surface area contributed by atoms with E-state index in [1.165, 1.54) is 36.4 Å². The molecule has 4 nitrogen and oxygen atoms in total. The van der Waals surface area contributed by atoms with Gasteiger partial charge in [-0.15, -0.1) is 0 Å². The molecule has 0 saturated carbocycles. The molecule has 2 N–H and O–H groups in total. The van der Waals surface area contributed by atoms with Gasteiger partial charge in [-0.2, -0.15) is 25.8 Å². The lowest BCUT2D eigenvalue weighted by Crippen LogP contribution is -2.26. The summed E-state index contributed by atoms with van der Waals surface area (Å²) in [7, 11) is 0. The molecule has 2 aromatic rings. The fourth-order valence-corrected chi connectivity index (χ4v) is 1.85. The number of carbonyl (C=O) groups is 1. The fourth-order valence-electron chi connectivity index (χ4n) is 1.79. The SMILES string of the molecule is O=C(Nc1ccc(Oc2cccc(C(F)(F)F)c2)cc1)[C@H](S)CO. The Morgan fingerprint density at radius 1 is 1.17 bits per heavy atom. The monoisotopic (exact) mass is 357 g/mol. The molecule has 2 aromatic carbocycles. The molecule has 0 saturated heterocycles. The molecular weight excluding hydrogens is 343 g/mol. The van der Waals surface area contributed by atoms with Crippen molar-refractivity contribution < 1.29 is 27.8 Å². The van der Waals surface area contributed by atoms with Crippen LogP contribution in [0.4, 0.5) is 18.9 Å². The molecule has 1 atom stereocenters. The van der Waals surface area contributed by atoms with Crippen LogP contribution in [-0.2, 0) is 11.0 Å². The number of rotatable bonds is 5. The molecule has 24 heavy (non-hydrogen) atoms. The number of aliphatic hydroxyl groups excluding tert-OH is 1. The zero-order valence-electron chi connectivity index (χ0n) is 12.2. The van der Waals surface area contributed by atoms with Crippen molar-refractivity contribution in [2.45, 2.75) is 11.4 Å². The lowest BCUT2D eigenvalue weighted by molar-refractivity contribution is -0.137. The van der Waals surface area contributed by atoms with Crippen LogP contribution in [0.25, 0.3) is 0 Å². The molecule has 0 aromatic heterocycles. The molecule has 0 radical (unpaired) electrons. The van der Waals surface area contributed by atoms with Crippen LogP contribution in [0, 0.1) is 0 Å². The van der Waals surface area contributed by atoms with Gasteiger partial charge in [0, 0.05) is 5.69 Å². The topological polar surface area (TPSA) is 58.6 Å². The predicted octanol–water partition coefficient (Wildman–Crippen LogP) is 3.73. The van der Waals surface area contributed by atoms with Gasteiger partial charge in [-0.05, 0) is 42.5 Å². The van der Waals surface area contributed by atoms with E-state index < -0.39 is 29.5 Å². The van der Waals surface area contributed by atoms with E-state index in [9.17, 15) is 18.0 Å². The first-order valence-electron chi connectivity index (χ1n) is 6.84. The van der Waals surface area contributed by atoms with Gasteiger partial charge in [0.15, 0.2) is 0 Å². The number of anilines is 1. The van der Waals surface area contributed by atoms with Gasteiger partial charge in [0.2, 0.25) is 5.91 Å². The van der Waals surface area contributed by atoms with Gasteiger partial charge in [-0.1, -0.05) is 6.07 Å². The van der Waals surface area contributed by atoms with E-state index in [1.807, 2.05) is 0 Å². The van der Waals surface area contributed by atoms with Crippen LogP contribution in [-0.4, -0.2) is 22.9 Å². The van der Waals surface area contributed by atoms with Crippen molar-refractivity contribution in [2.24, 2.45) is 0 Å². The number of thiol groups is 1. The molecule has 128 valence electrons. The van der Waals surface area contributed by atoms with Crippen LogP contribution >= 0.6 is 12.6 Å². The average Bonchev–Trinajstić information content (AvgIpc) is 2.55. The predicted molar refractivity (Wildman–Crippen MR) is 86.4 cm³/mol. The van der Waals surface area contributed by atoms with Crippen LogP contribution < -0.4 is 10.1 Å². The molecule has 0 bridgehead atoms. The van der Waals surface area contributed by atoms with Crippen molar-refractivity contribution in [3.63, 3.8) is 0 Å². The first-order valence-corrected chi connectivity index (χ1v) is 7.36. The number of halogens is 3. The van der Waals surface area contributed by atoms with E-state index in [0.29, 0.717) is 11.4 Å². The van der Waals surface area contributed by atoms with Crippen molar-refractivity contribution in [3.8, 4) is 11.5 Å². The molecule has 1 amide bonds. The van der Waals surface area contributed by atoms with Crippen molar-refractivity contribution >= 4 is 24.2 Å². The Morgan fingerprint density at radius 3 is 2.42 bits per heavy atom. The molecule has 0 aliphatic heterocycles. The van der Waals surface area contributed by atoms with Crippen LogP contribution in [0.2, 0.25) is 0 Å². The minimum absolute atomic E-state index is 0.0531. The summed E-state index contributed by atoms with van der Waals surface area (Å²) in [5.74, 6) is -0.0957. The normalized spacial score (nSPS) is 12.5. The van der Waals surface area contributed by atoms with E-state index in [0.717, 1.165) is 12.1 Å². The number of nitrogens with one attached hydrogen (secondary N) is 1. The summed E-state index contributed by atoms with van der Waals surface area (Å²) in [5.41, 5.74) is -0.350. The van der Waals surface area contributed by atoms with Gasteiger partial charge in [-0.25, -0.2) is 0 Å². The summed E-state index contributed by atoms with van der Waals surface area (Å²) in [5, 5.41) is 10.5. The first-order chi connectivity index (χ1) is 11.3. The number of carbonyl (C=O) groups excluding carboxylic acids is 1. The lowest BCUT2D eigenvalue weighted by atomic mass is 10.2. The minimum atomic E-state index is -4.44. The highest BCUT2D eigenvalue weighted by Gasteiger charge is 2.30. The summed E-state index contributed by atoms with van der Waals surface area (Å²) in [6, 6.07) is 10.6. The van der Waals surface area contributed by atoms with Crippen molar-refractivity contribution in [3.05, 3.63) is 54.1 Å². The third-order valence-corrected chi connectivity index (χ3v) is 3.39. The van der Waals surface area contributed by atoms with E-state index >= 15 is 0 Å². The lowest BCUT2D eigenvalue weighted by Gasteiger charge is -2.11. The smallest absolute Gasteiger partial charge is 0.416 e. The zero-order valence-corrected chi connectivity index (χ0v) is 13.1. The maximum atomic E-state index is 12.7. The Hall–Kier alpha value is -2.19. The van der Waals surface area contributed by atoms with Gasteiger partial charge in [0.25, 0.3) is 0 Å².